The lowest BCUT2D eigenvalue weighted by Gasteiger charge is -2.21. The Kier molecular flexibility index (Phi) is 4.94. The third-order valence-corrected chi connectivity index (χ3v) is 2.95. The summed E-state index contributed by atoms with van der Waals surface area (Å²) < 4.78 is 0. The summed E-state index contributed by atoms with van der Waals surface area (Å²) in [5, 5.41) is 3.01. The van der Waals surface area contributed by atoms with Gasteiger partial charge < -0.3 is 10.2 Å². The number of nitrogens with one attached hydrogen (secondary N) is 1. The Balaban J connectivity index is 2.81. The lowest BCUT2D eigenvalue weighted by atomic mass is 10.1. The molecule has 4 nitrogen and oxygen atoms in total. The molecule has 0 aliphatic rings. The maximum Gasteiger partial charge on any atom is 0.257 e. The second kappa shape index (κ2) is 6.23. The van der Waals surface area contributed by atoms with Crippen molar-refractivity contribution in [2.75, 3.05) is 26.0 Å². The van der Waals surface area contributed by atoms with Crippen molar-refractivity contribution in [3.63, 3.8) is 0 Å². The Labute approximate surface area is 103 Å². The largest absolute Gasteiger partial charge is 0.387 e. The predicted octanol–water partition coefficient (Wildman–Crippen LogP) is 2.24. The van der Waals surface area contributed by atoms with Gasteiger partial charge in [0.15, 0.2) is 0 Å². The number of nitrogens with zero attached hydrogens (tertiary/aromatic N) is 2. The van der Waals surface area contributed by atoms with Crippen molar-refractivity contribution in [2.24, 2.45) is 5.92 Å². The molecule has 1 unspecified atom stereocenters. The molecule has 1 N–H and O–H groups in total. The van der Waals surface area contributed by atoms with E-state index in [0.717, 1.165) is 18.7 Å². The van der Waals surface area contributed by atoms with Crippen LogP contribution in [0, 0.1) is 5.92 Å². The highest BCUT2D eigenvalue weighted by Crippen LogP contribution is 2.15. The number of hydrogen-bond donors (Lipinski definition) is 1. The first kappa shape index (κ1) is 13.5. The summed E-state index contributed by atoms with van der Waals surface area (Å²) in [6.07, 6.45) is 4.36. The van der Waals surface area contributed by atoms with Crippen LogP contribution in [0.5, 0.6) is 0 Å². The molecule has 17 heavy (non-hydrogen) atoms. The van der Waals surface area contributed by atoms with Crippen LogP contribution >= 0.6 is 0 Å². The maximum absolute atomic E-state index is 12.2. The number of pyridine rings is 1. The second-order valence-corrected chi connectivity index (χ2v) is 4.37. The van der Waals surface area contributed by atoms with Crippen molar-refractivity contribution < 1.29 is 4.79 Å². The maximum atomic E-state index is 12.2. The van der Waals surface area contributed by atoms with E-state index in [4.69, 9.17) is 0 Å². The highest BCUT2D eigenvalue weighted by molar-refractivity contribution is 5.99. The Morgan fingerprint density at radius 2 is 2.29 bits per heavy atom. The van der Waals surface area contributed by atoms with E-state index in [1.165, 1.54) is 0 Å². The highest BCUT2D eigenvalue weighted by atomic mass is 16.2. The van der Waals surface area contributed by atoms with E-state index >= 15 is 0 Å². The number of aromatic nitrogens is 1. The van der Waals surface area contributed by atoms with Crippen LogP contribution in [0.2, 0.25) is 0 Å². The minimum absolute atomic E-state index is 0.0164. The molecule has 1 heterocycles. The van der Waals surface area contributed by atoms with Crippen molar-refractivity contribution >= 4 is 11.6 Å². The molecule has 0 bridgehead atoms. The quantitative estimate of drug-likeness (QED) is 0.851. The summed E-state index contributed by atoms with van der Waals surface area (Å²) in [6.45, 7) is 5.05. The molecule has 94 valence electrons. The Morgan fingerprint density at radius 1 is 1.59 bits per heavy atom. The zero-order valence-electron chi connectivity index (χ0n) is 11.0. The van der Waals surface area contributed by atoms with Gasteiger partial charge in [0.25, 0.3) is 5.91 Å². The monoisotopic (exact) mass is 235 g/mol. The Bertz CT molecular complexity index is 379. The first-order valence-electron chi connectivity index (χ1n) is 5.97. The lowest BCUT2D eigenvalue weighted by molar-refractivity contribution is 0.0775. The van der Waals surface area contributed by atoms with E-state index in [-0.39, 0.29) is 5.91 Å². The molecule has 0 aliphatic heterocycles. The zero-order valence-corrected chi connectivity index (χ0v) is 11.0. The average molecular weight is 235 g/mol. The van der Waals surface area contributed by atoms with Crippen molar-refractivity contribution in [3.05, 3.63) is 24.0 Å². The van der Waals surface area contributed by atoms with Gasteiger partial charge in [0.2, 0.25) is 0 Å². The fourth-order valence-electron chi connectivity index (χ4n) is 1.67. The first-order valence-corrected chi connectivity index (χ1v) is 5.97. The van der Waals surface area contributed by atoms with Gasteiger partial charge in [-0.15, -0.1) is 0 Å². The zero-order chi connectivity index (χ0) is 12.8. The number of hydrogen-bond acceptors (Lipinski definition) is 3. The molecule has 0 spiro atoms. The molecule has 0 aliphatic carbocycles. The summed E-state index contributed by atoms with van der Waals surface area (Å²) >= 11 is 0. The van der Waals surface area contributed by atoms with Crippen LogP contribution in [0.15, 0.2) is 18.5 Å². The number of rotatable bonds is 5. The van der Waals surface area contributed by atoms with Gasteiger partial charge >= 0.3 is 0 Å². The van der Waals surface area contributed by atoms with Crippen LogP contribution in [-0.4, -0.2) is 36.4 Å². The number of amides is 1. The molecule has 0 saturated carbocycles. The molecule has 0 aromatic carbocycles. The minimum atomic E-state index is 0.0164. The van der Waals surface area contributed by atoms with E-state index in [1.54, 1.807) is 24.3 Å². The van der Waals surface area contributed by atoms with Crippen molar-refractivity contribution in [3.8, 4) is 0 Å². The van der Waals surface area contributed by atoms with Crippen LogP contribution in [0.25, 0.3) is 0 Å². The van der Waals surface area contributed by atoms with Crippen LogP contribution in [0.4, 0.5) is 5.69 Å². The molecule has 1 aromatic rings. The highest BCUT2D eigenvalue weighted by Gasteiger charge is 2.16. The van der Waals surface area contributed by atoms with Gasteiger partial charge in [-0.05, 0) is 12.0 Å². The van der Waals surface area contributed by atoms with Gasteiger partial charge in [-0.25, -0.2) is 0 Å². The summed E-state index contributed by atoms with van der Waals surface area (Å²) in [5.74, 6) is 0.529. The van der Waals surface area contributed by atoms with Crippen molar-refractivity contribution in [1.82, 2.24) is 9.88 Å². The molecule has 1 atom stereocenters. The van der Waals surface area contributed by atoms with Gasteiger partial charge in [-0.2, -0.15) is 0 Å². The summed E-state index contributed by atoms with van der Waals surface area (Å²) in [7, 11) is 3.64. The number of carbonyl (C=O) groups excluding carboxylic acids is 1. The van der Waals surface area contributed by atoms with Crippen molar-refractivity contribution in [1.29, 1.82) is 0 Å². The van der Waals surface area contributed by atoms with Crippen LogP contribution in [-0.2, 0) is 0 Å². The van der Waals surface area contributed by atoms with E-state index < -0.39 is 0 Å². The molecule has 1 aromatic heterocycles. The van der Waals surface area contributed by atoms with E-state index in [2.05, 4.69) is 24.1 Å². The van der Waals surface area contributed by atoms with E-state index in [0.29, 0.717) is 11.5 Å². The normalized spacial score (nSPS) is 12.0. The standard InChI is InChI=1S/C13H21N3O/c1-5-10(2)9-16(4)13(17)11-8-15-7-6-12(11)14-3/h6-8,10H,5,9H2,1-4H3,(H,14,15). The van der Waals surface area contributed by atoms with Crippen LogP contribution in [0.3, 0.4) is 0 Å². The van der Waals surface area contributed by atoms with E-state index in [9.17, 15) is 4.79 Å². The van der Waals surface area contributed by atoms with Crippen LogP contribution < -0.4 is 5.32 Å². The van der Waals surface area contributed by atoms with E-state index in [1.807, 2.05) is 13.1 Å². The molecule has 0 radical (unpaired) electrons. The average Bonchev–Trinajstić information content (AvgIpc) is 2.37. The van der Waals surface area contributed by atoms with Crippen LogP contribution in [0.1, 0.15) is 30.6 Å². The van der Waals surface area contributed by atoms with Gasteiger partial charge in [-0.1, -0.05) is 20.3 Å². The second-order valence-electron chi connectivity index (χ2n) is 4.37. The van der Waals surface area contributed by atoms with Gasteiger partial charge in [0, 0.05) is 38.7 Å². The third kappa shape index (κ3) is 3.44. The summed E-state index contributed by atoms with van der Waals surface area (Å²) in [4.78, 5) is 18.0. The SMILES string of the molecule is CCC(C)CN(C)C(=O)c1cnccc1NC. The summed E-state index contributed by atoms with van der Waals surface area (Å²) in [6, 6.07) is 1.81. The molecule has 0 fully saturated rings. The molecular weight excluding hydrogens is 214 g/mol. The predicted molar refractivity (Wildman–Crippen MR) is 70.2 cm³/mol. The van der Waals surface area contributed by atoms with Gasteiger partial charge in [0.05, 0.1) is 5.56 Å². The lowest BCUT2D eigenvalue weighted by Crippen LogP contribution is -2.31. The molecule has 1 amide bonds. The number of anilines is 1. The Hall–Kier alpha value is -1.58. The fourth-order valence-corrected chi connectivity index (χ4v) is 1.67. The molecule has 4 heteroatoms. The molecular formula is C13H21N3O. The fraction of sp³-hybridized carbons (Fsp3) is 0.538. The Morgan fingerprint density at radius 3 is 2.88 bits per heavy atom. The first-order chi connectivity index (χ1) is 8.10. The molecule has 1 rings (SSSR count). The topological polar surface area (TPSA) is 45.2 Å². The third-order valence-electron chi connectivity index (χ3n) is 2.95. The molecule has 0 saturated heterocycles. The van der Waals surface area contributed by atoms with Gasteiger partial charge in [-0.3, -0.25) is 9.78 Å². The minimum Gasteiger partial charge on any atom is -0.387 e. The van der Waals surface area contributed by atoms with Crippen molar-refractivity contribution in [2.45, 2.75) is 20.3 Å². The number of carbonyl (C=O) groups is 1. The smallest absolute Gasteiger partial charge is 0.257 e. The van der Waals surface area contributed by atoms with Gasteiger partial charge in [0.1, 0.15) is 0 Å². The summed E-state index contributed by atoms with van der Waals surface area (Å²) in [5.41, 5.74) is 1.45.